The van der Waals surface area contributed by atoms with Crippen LogP contribution in [0, 0.1) is 5.82 Å². The van der Waals surface area contributed by atoms with Gasteiger partial charge in [-0.25, -0.2) is 13.2 Å². The summed E-state index contributed by atoms with van der Waals surface area (Å²) in [6.45, 7) is 0. The van der Waals surface area contributed by atoms with E-state index >= 15 is 0 Å². The van der Waals surface area contributed by atoms with E-state index in [0.717, 1.165) is 6.07 Å². The Morgan fingerprint density at radius 2 is 1.89 bits per heavy atom. The van der Waals surface area contributed by atoms with Gasteiger partial charge in [-0.2, -0.15) is 0 Å². The van der Waals surface area contributed by atoms with E-state index in [1.807, 2.05) is 0 Å². The van der Waals surface area contributed by atoms with Crippen LogP contribution in [0.5, 0.6) is 0 Å². The molecule has 0 amide bonds. The van der Waals surface area contributed by atoms with Crippen LogP contribution in [0.4, 0.5) is 13.2 Å². The molecule has 1 saturated carbocycles. The second kappa shape index (κ2) is 4.63. The number of hydrogen-bond acceptors (Lipinski definition) is 1. The van der Waals surface area contributed by atoms with Crippen LogP contribution in [0.15, 0.2) is 18.2 Å². The summed E-state index contributed by atoms with van der Waals surface area (Å²) >= 11 is 0. The van der Waals surface area contributed by atoms with E-state index in [1.165, 1.54) is 12.1 Å². The van der Waals surface area contributed by atoms with E-state index in [2.05, 4.69) is 0 Å². The van der Waals surface area contributed by atoms with Crippen molar-refractivity contribution in [3.8, 4) is 0 Å². The van der Waals surface area contributed by atoms with Gasteiger partial charge in [-0.3, -0.25) is 4.79 Å². The Balaban J connectivity index is 2.62. The van der Waals surface area contributed by atoms with Gasteiger partial charge in [0, 0.05) is 0 Å². The normalized spacial score (nSPS) is 18.2. The number of alkyl halides is 2. The first-order valence-corrected chi connectivity index (χ1v) is 5.79. The molecule has 0 bridgehead atoms. The van der Waals surface area contributed by atoms with Crippen LogP contribution in [-0.2, 0) is 10.2 Å². The molecule has 18 heavy (non-hydrogen) atoms. The fraction of sp³-hybridized carbons (Fsp3) is 0.462. The minimum atomic E-state index is -3.00. The van der Waals surface area contributed by atoms with E-state index in [9.17, 15) is 23.1 Å². The lowest BCUT2D eigenvalue weighted by molar-refractivity contribution is -0.143. The maximum atomic E-state index is 13.5. The van der Waals surface area contributed by atoms with Crippen LogP contribution < -0.4 is 0 Å². The molecular formula is C13H13F3O2. The molecule has 1 N–H and O–H groups in total. The first-order chi connectivity index (χ1) is 8.49. The highest BCUT2D eigenvalue weighted by molar-refractivity contribution is 5.82. The number of benzene rings is 1. The first kappa shape index (κ1) is 12.9. The van der Waals surface area contributed by atoms with Gasteiger partial charge in [0.05, 0.1) is 11.0 Å². The topological polar surface area (TPSA) is 37.3 Å². The summed E-state index contributed by atoms with van der Waals surface area (Å²) in [7, 11) is 0. The van der Waals surface area contributed by atoms with Crippen molar-refractivity contribution in [2.75, 3.05) is 0 Å². The third-order valence-electron chi connectivity index (χ3n) is 3.65. The second-order valence-electron chi connectivity index (χ2n) is 4.60. The molecule has 1 aromatic rings. The van der Waals surface area contributed by atoms with Gasteiger partial charge in [-0.05, 0) is 24.5 Å². The van der Waals surface area contributed by atoms with Gasteiger partial charge < -0.3 is 5.11 Å². The van der Waals surface area contributed by atoms with Gasteiger partial charge in [0.15, 0.2) is 0 Å². The van der Waals surface area contributed by atoms with Crippen molar-refractivity contribution >= 4 is 5.97 Å². The smallest absolute Gasteiger partial charge is 0.314 e. The lowest BCUT2D eigenvalue weighted by atomic mass is 9.76. The Morgan fingerprint density at radius 1 is 1.28 bits per heavy atom. The molecule has 0 aliphatic heterocycles. The molecule has 0 radical (unpaired) electrons. The fourth-order valence-electron chi connectivity index (χ4n) is 2.75. The SMILES string of the molecule is O=C(O)C1(c2cccc(F)c2C(F)F)CCCC1. The number of aliphatic carboxylic acids is 1. The molecule has 0 heterocycles. The Morgan fingerprint density at radius 3 is 2.39 bits per heavy atom. The van der Waals surface area contributed by atoms with Gasteiger partial charge in [-0.1, -0.05) is 25.0 Å². The largest absolute Gasteiger partial charge is 0.481 e. The van der Waals surface area contributed by atoms with Crippen molar-refractivity contribution in [3.63, 3.8) is 0 Å². The fourth-order valence-corrected chi connectivity index (χ4v) is 2.75. The van der Waals surface area contributed by atoms with Crippen LogP contribution in [0.25, 0.3) is 0 Å². The van der Waals surface area contributed by atoms with Gasteiger partial charge in [-0.15, -0.1) is 0 Å². The number of carboxylic acid groups (broad SMARTS) is 1. The van der Waals surface area contributed by atoms with Gasteiger partial charge in [0.25, 0.3) is 6.43 Å². The Labute approximate surface area is 102 Å². The predicted molar refractivity (Wildman–Crippen MR) is 59.1 cm³/mol. The summed E-state index contributed by atoms with van der Waals surface area (Å²) in [6, 6.07) is 3.54. The third-order valence-corrected chi connectivity index (χ3v) is 3.65. The van der Waals surface area contributed by atoms with Crippen molar-refractivity contribution in [2.24, 2.45) is 0 Å². The van der Waals surface area contributed by atoms with E-state index in [-0.39, 0.29) is 18.4 Å². The molecule has 0 spiro atoms. The zero-order valence-corrected chi connectivity index (χ0v) is 9.63. The summed E-state index contributed by atoms with van der Waals surface area (Å²) in [6.07, 6.45) is -1.12. The Hall–Kier alpha value is -1.52. The minimum absolute atomic E-state index is 0.0671. The summed E-state index contributed by atoms with van der Waals surface area (Å²) in [5, 5.41) is 9.35. The van der Waals surface area contributed by atoms with E-state index in [0.29, 0.717) is 12.8 Å². The van der Waals surface area contributed by atoms with Crippen molar-refractivity contribution < 1.29 is 23.1 Å². The van der Waals surface area contributed by atoms with Crippen LogP contribution in [0.1, 0.15) is 43.2 Å². The van der Waals surface area contributed by atoms with E-state index < -0.39 is 29.2 Å². The molecule has 2 nitrogen and oxygen atoms in total. The van der Waals surface area contributed by atoms with Gasteiger partial charge in [0.1, 0.15) is 5.82 Å². The molecule has 1 aliphatic rings. The zero-order chi connectivity index (χ0) is 13.3. The molecular weight excluding hydrogens is 245 g/mol. The number of halogens is 3. The molecule has 0 saturated heterocycles. The number of rotatable bonds is 3. The highest BCUT2D eigenvalue weighted by Gasteiger charge is 2.45. The molecule has 2 rings (SSSR count). The van der Waals surface area contributed by atoms with Crippen LogP contribution in [0.2, 0.25) is 0 Å². The molecule has 5 heteroatoms. The second-order valence-corrected chi connectivity index (χ2v) is 4.60. The summed E-state index contributed by atoms with van der Waals surface area (Å²) in [4.78, 5) is 11.4. The highest BCUT2D eigenvalue weighted by atomic mass is 19.3. The predicted octanol–water partition coefficient (Wildman–Crippen LogP) is 3.66. The third kappa shape index (κ3) is 1.87. The van der Waals surface area contributed by atoms with Crippen LogP contribution in [0.3, 0.4) is 0 Å². The van der Waals surface area contributed by atoms with Gasteiger partial charge in [0.2, 0.25) is 0 Å². The molecule has 0 atom stereocenters. The van der Waals surface area contributed by atoms with Gasteiger partial charge >= 0.3 is 5.97 Å². The standard InChI is InChI=1S/C13H13F3O2/c14-9-5-3-4-8(10(9)11(15)16)13(12(17)18)6-1-2-7-13/h3-5,11H,1-2,6-7H2,(H,17,18). The first-order valence-electron chi connectivity index (χ1n) is 5.79. The van der Waals surface area contributed by atoms with E-state index in [4.69, 9.17) is 0 Å². The quantitative estimate of drug-likeness (QED) is 0.898. The van der Waals surface area contributed by atoms with Crippen molar-refractivity contribution in [1.29, 1.82) is 0 Å². The zero-order valence-electron chi connectivity index (χ0n) is 9.63. The maximum Gasteiger partial charge on any atom is 0.314 e. The van der Waals surface area contributed by atoms with Crippen molar-refractivity contribution in [2.45, 2.75) is 37.5 Å². The molecule has 1 fully saturated rings. The Kier molecular flexibility index (Phi) is 3.32. The molecule has 1 aromatic carbocycles. The minimum Gasteiger partial charge on any atom is -0.481 e. The maximum absolute atomic E-state index is 13.5. The Bertz CT molecular complexity index is 465. The molecule has 0 aromatic heterocycles. The molecule has 98 valence electrons. The lowest BCUT2D eigenvalue weighted by Crippen LogP contribution is -2.34. The van der Waals surface area contributed by atoms with Crippen LogP contribution in [-0.4, -0.2) is 11.1 Å². The number of carboxylic acids is 1. The average Bonchev–Trinajstić information content (AvgIpc) is 2.78. The summed E-state index contributed by atoms with van der Waals surface area (Å²) < 4.78 is 39.4. The monoisotopic (exact) mass is 258 g/mol. The number of carbonyl (C=O) groups is 1. The van der Waals surface area contributed by atoms with E-state index in [1.54, 1.807) is 0 Å². The van der Waals surface area contributed by atoms with Crippen molar-refractivity contribution in [1.82, 2.24) is 0 Å². The van der Waals surface area contributed by atoms with Crippen molar-refractivity contribution in [3.05, 3.63) is 35.1 Å². The average molecular weight is 258 g/mol. The molecule has 1 aliphatic carbocycles. The number of hydrogen-bond donors (Lipinski definition) is 1. The van der Waals surface area contributed by atoms with Crippen LogP contribution >= 0.6 is 0 Å². The summed E-state index contributed by atoms with van der Waals surface area (Å²) in [5.41, 5.74) is -2.18. The molecule has 0 unspecified atom stereocenters. The highest BCUT2D eigenvalue weighted by Crippen LogP contribution is 2.45. The lowest BCUT2D eigenvalue weighted by Gasteiger charge is -2.27. The summed E-state index contributed by atoms with van der Waals surface area (Å²) in [5.74, 6) is -2.18.